The van der Waals surface area contributed by atoms with Crippen LogP contribution in [-0.2, 0) is 23.0 Å². The molecule has 0 amide bonds. The molecule has 0 aliphatic heterocycles. The maximum atomic E-state index is 12.5. The topological polar surface area (TPSA) is 83.0 Å². The lowest BCUT2D eigenvalue weighted by molar-refractivity contribution is 0.414. The smallest absolute Gasteiger partial charge is 0.242 e. The molecule has 2 aromatic rings. The van der Waals surface area contributed by atoms with Gasteiger partial charge in [-0.25, -0.2) is 12.7 Å². The van der Waals surface area contributed by atoms with Crippen molar-refractivity contribution in [3.8, 4) is 5.75 Å². The van der Waals surface area contributed by atoms with E-state index in [9.17, 15) is 8.42 Å². The van der Waals surface area contributed by atoms with Crippen molar-refractivity contribution in [2.45, 2.75) is 17.9 Å². The molecule has 28 heavy (non-hydrogen) atoms. The minimum Gasteiger partial charge on any atom is -0.497 e. The molecule has 2 N–H and O–H groups in total. The van der Waals surface area contributed by atoms with Crippen molar-refractivity contribution < 1.29 is 13.2 Å². The monoisotopic (exact) mass is 404 g/mol. The number of nitrogens with one attached hydrogen (secondary N) is 2. The first-order chi connectivity index (χ1) is 13.4. The van der Waals surface area contributed by atoms with Gasteiger partial charge in [0.25, 0.3) is 0 Å². The first kappa shape index (κ1) is 21.7. The highest BCUT2D eigenvalue weighted by Crippen LogP contribution is 2.18. The first-order valence-corrected chi connectivity index (χ1v) is 10.4. The lowest BCUT2D eigenvalue weighted by Gasteiger charge is -2.17. The SMILES string of the molecule is CN=C(NCCc1ccc(OC)cc1)NCc1ccccc1S(=O)(=O)N(C)C. The summed E-state index contributed by atoms with van der Waals surface area (Å²) in [6.45, 7) is 1.05. The fourth-order valence-electron chi connectivity index (χ4n) is 2.62. The van der Waals surface area contributed by atoms with E-state index in [4.69, 9.17) is 4.74 Å². The van der Waals surface area contributed by atoms with Crippen LogP contribution in [0.1, 0.15) is 11.1 Å². The molecule has 0 radical (unpaired) electrons. The van der Waals surface area contributed by atoms with Gasteiger partial charge in [0.15, 0.2) is 5.96 Å². The summed E-state index contributed by atoms with van der Waals surface area (Å²) in [5.41, 5.74) is 1.88. The summed E-state index contributed by atoms with van der Waals surface area (Å²) < 4.78 is 31.3. The van der Waals surface area contributed by atoms with Gasteiger partial charge in [-0.3, -0.25) is 4.99 Å². The Morgan fingerprint density at radius 1 is 1.07 bits per heavy atom. The zero-order chi connectivity index (χ0) is 20.6. The van der Waals surface area contributed by atoms with Crippen molar-refractivity contribution in [1.82, 2.24) is 14.9 Å². The van der Waals surface area contributed by atoms with Crippen LogP contribution in [-0.4, -0.2) is 53.5 Å². The Labute approximate surface area is 167 Å². The Hall–Kier alpha value is -2.58. The lowest BCUT2D eigenvalue weighted by atomic mass is 10.1. The second-order valence-corrected chi connectivity index (χ2v) is 8.47. The molecular formula is C20H28N4O3S. The van der Waals surface area contributed by atoms with E-state index in [0.29, 0.717) is 29.5 Å². The van der Waals surface area contributed by atoms with Crippen LogP contribution < -0.4 is 15.4 Å². The summed E-state index contributed by atoms with van der Waals surface area (Å²) in [6, 6.07) is 14.9. The van der Waals surface area contributed by atoms with E-state index in [-0.39, 0.29) is 0 Å². The van der Waals surface area contributed by atoms with Gasteiger partial charge in [-0.05, 0) is 35.7 Å². The summed E-state index contributed by atoms with van der Waals surface area (Å²) >= 11 is 0. The highest BCUT2D eigenvalue weighted by molar-refractivity contribution is 7.89. The number of guanidine groups is 1. The summed E-state index contributed by atoms with van der Waals surface area (Å²) in [4.78, 5) is 4.50. The molecule has 0 atom stereocenters. The van der Waals surface area contributed by atoms with E-state index in [0.717, 1.165) is 12.2 Å². The molecule has 0 bridgehead atoms. The van der Waals surface area contributed by atoms with Crippen LogP contribution in [0.25, 0.3) is 0 Å². The van der Waals surface area contributed by atoms with E-state index in [1.165, 1.54) is 24.0 Å². The van der Waals surface area contributed by atoms with Crippen LogP contribution in [0.4, 0.5) is 0 Å². The molecule has 0 saturated heterocycles. The van der Waals surface area contributed by atoms with Crippen LogP contribution in [0.3, 0.4) is 0 Å². The molecule has 2 rings (SSSR count). The fraction of sp³-hybridized carbons (Fsp3) is 0.350. The predicted octanol–water partition coefficient (Wildman–Crippen LogP) is 1.85. The standard InChI is InChI=1S/C20H28N4O3S/c1-21-20(22-14-13-16-9-11-18(27-4)12-10-16)23-15-17-7-5-6-8-19(17)28(25,26)24(2)3/h5-12H,13-15H2,1-4H3,(H2,21,22,23). The highest BCUT2D eigenvalue weighted by Gasteiger charge is 2.20. The molecule has 7 nitrogen and oxygen atoms in total. The molecule has 0 aromatic heterocycles. The molecule has 0 unspecified atom stereocenters. The van der Waals surface area contributed by atoms with Gasteiger partial charge in [0.2, 0.25) is 10.0 Å². The Balaban J connectivity index is 1.94. The van der Waals surface area contributed by atoms with Crippen LogP contribution in [0.2, 0.25) is 0 Å². The maximum Gasteiger partial charge on any atom is 0.242 e. The average molecular weight is 405 g/mol. The van der Waals surface area contributed by atoms with Crippen molar-refractivity contribution in [3.05, 3.63) is 59.7 Å². The van der Waals surface area contributed by atoms with E-state index < -0.39 is 10.0 Å². The summed E-state index contributed by atoms with van der Waals surface area (Å²) in [5.74, 6) is 1.45. The van der Waals surface area contributed by atoms with Gasteiger partial charge < -0.3 is 15.4 Å². The second kappa shape index (κ2) is 10.1. The first-order valence-electron chi connectivity index (χ1n) is 8.96. The van der Waals surface area contributed by atoms with Crippen LogP contribution in [0.15, 0.2) is 58.4 Å². The number of methoxy groups -OCH3 is 1. The van der Waals surface area contributed by atoms with Crippen molar-refractivity contribution in [2.24, 2.45) is 4.99 Å². The summed E-state index contributed by atoms with van der Waals surface area (Å²) in [5, 5.41) is 6.42. The number of hydrogen-bond donors (Lipinski definition) is 2. The van der Waals surface area contributed by atoms with Gasteiger partial charge >= 0.3 is 0 Å². The molecule has 0 saturated carbocycles. The fourth-order valence-corrected chi connectivity index (χ4v) is 3.73. The largest absolute Gasteiger partial charge is 0.497 e. The Morgan fingerprint density at radius 3 is 2.36 bits per heavy atom. The zero-order valence-corrected chi connectivity index (χ0v) is 17.6. The van der Waals surface area contributed by atoms with E-state index in [2.05, 4.69) is 15.6 Å². The summed E-state index contributed by atoms with van der Waals surface area (Å²) in [6.07, 6.45) is 0.830. The minimum absolute atomic E-state index is 0.293. The normalized spacial score (nSPS) is 12.1. The predicted molar refractivity (Wildman–Crippen MR) is 112 cm³/mol. The number of nitrogens with zero attached hydrogens (tertiary/aromatic N) is 2. The highest BCUT2D eigenvalue weighted by atomic mass is 32.2. The maximum absolute atomic E-state index is 12.5. The van der Waals surface area contributed by atoms with Crippen molar-refractivity contribution in [3.63, 3.8) is 0 Å². The zero-order valence-electron chi connectivity index (χ0n) is 16.8. The number of hydrogen-bond acceptors (Lipinski definition) is 4. The number of benzene rings is 2. The van der Waals surface area contributed by atoms with E-state index >= 15 is 0 Å². The van der Waals surface area contributed by atoms with Crippen molar-refractivity contribution >= 4 is 16.0 Å². The van der Waals surface area contributed by atoms with Gasteiger partial charge in [-0.15, -0.1) is 0 Å². The Kier molecular flexibility index (Phi) is 7.83. The number of aliphatic imine (C=N–C) groups is 1. The van der Waals surface area contributed by atoms with Gasteiger partial charge in [0.1, 0.15) is 5.75 Å². The third-order valence-electron chi connectivity index (χ3n) is 4.27. The van der Waals surface area contributed by atoms with E-state index in [1.807, 2.05) is 30.3 Å². The molecule has 8 heteroatoms. The van der Waals surface area contributed by atoms with Crippen LogP contribution >= 0.6 is 0 Å². The van der Waals surface area contributed by atoms with Gasteiger partial charge in [-0.2, -0.15) is 0 Å². The van der Waals surface area contributed by atoms with Crippen molar-refractivity contribution in [1.29, 1.82) is 0 Å². The molecule has 0 heterocycles. The Morgan fingerprint density at radius 2 is 1.75 bits per heavy atom. The third-order valence-corrected chi connectivity index (χ3v) is 6.18. The number of ether oxygens (including phenoxy) is 1. The molecular weight excluding hydrogens is 376 g/mol. The molecule has 152 valence electrons. The van der Waals surface area contributed by atoms with Gasteiger partial charge in [0, 0.05) is 34.2 Å². The second-order valence-electron chi connectivity index (χ2n) is 6.35. The van der Waals surface area contributed by atoms with Crippen LogP contribution in [0.5, 0.6) is 5.75 Å². The van der Waals surface area contributed by atoms with Gasteiger partial charge in [0.05, 0.1) is 12.0 Å². The molecule has 0 aliphatic carbocycles. The summed E-state index contributed by atoms with van der Waals surface area (Å²) in [7, 11) is 2.89. The Bertz CT molecular complexity index is 894. The lowest BCUT2D eigenvalue weighted by Crippen LogP contribution is -2.38. The quantitative estimate of drug-likeness (QED) is 0.518. The van der Waals surface area contributed by atoms with Crippen molar-refractivity contribution in [2.75, 3.05) is 34.8 Å². The van der Waals surface area contributed by atoms with E-state index in [1.54, 1.807) is 32.4 Å². The van der Waals surface area contributed by atoms with Gasteiger partial charge in [-0.1, -0.05) is 30.3 Å². The third kappa shape index (κ3) is 5.71. The molecule has 0 aliphatic rings. The minimum atomic E-state index is -3.50. The average Bonchev–Trinajstić information content (AvgIpc) is 2.71. The number of rotatable bonds is 8. The number of sulfonamides is 1. The van der Waals surface area contributed by atoms with Crippen LogP contribution in [0, 0.1) is 0 Å². The molecule has 2 aromatic carbocycles. The molecule has 0 spiro atoms. The molecule has 0 fully saturated rings.